The highest BCUT2D eigenvalue weighted by atomic mass is 16.5. The Morgan fingerprint density at radius 3 is 2.58 bits per heavy atom. The predicted molar refractivity (Wildman–Crippen MR) is 123 cm³/mol. The normalized spacial score (nSPS) is 16.1. The lowest BCUT2D eigenvalue weighted by molar-refractivity contribution is -0.129. The molecule has 0 saturated heterocycles. The maximum absolute atomic E-state index is 13.5. The number of rotatable bonds is 10. The molecule has 0 aliphatic carbocycles. The number of fused-ring (bicyclic) bond motifs is 1. The van der Waals surface area contributed by atoms with E-state index in [9.17, 15) is 14.7 Å². The van der Waals surface area contributed by atoms with E-state index in [1.165, 1.54) is 4.90 Å². The van der Waals surface area contributed by atoms with Crippen molar-refractivity contribution in [3.63, 3.8) is 0 Å². The van der Waals surface area contributed by atoms with Crippen LogP contribution in [0.2, 0.25) is 0 Å². The Morgan fingerprint density at radius 1 is 1.12 bits per heavy atom. The molecular weight excluding hydrogens is 422 g/mol. The second-order valence-corrected chi connectivity index (χ2v) is 7.90. The maximum Gasteiger partial charge on any atom is 0.290 e. The number of furan rings is 1. The third kappa shape index (κ3) is 4.50. The van der Waals surface area contributed by atoms with Crippen molar-refractivity contribution in [2.45, 2.75) is 25.8 Å². The van der Waals surface area contributed by atoms with Gasteiger partial charge in [0.2, 0.25) is 5.78 Å². The number of para-hydroxylation sites is 1. The van der Waals surface area contributed by atoms with Gasteiger partial charge in [-0.2, -0.15) is 0 Å². The lowest BCUT2D eigenvalue weighted by Crippen LogP contribution is -2.32. The highest BCUT2D eigenvalue weighted by molar-refractivity contribution is 6.16. The fourth-order valence-corrected chi connectivity index (χ4v) is 4.03. The Balaban J connectivity index is 1.71. The summed E-state index contributed by atoms with van der Waals surface area (Å²) in [4.78, 5) is 28.0. The number of ether oxygens (including phenoxy) is 2. The first kappa shape index (κ1) is 22.6. The van der Waals surface area contributed by atoms with Gasteiger partial charge in [0.1, 0.15) is 11.3 Å². The van der Waals surface area contributed by atoms with Crippen LogP contribution in [0.15, 0.2) is 70.3 Å². The van der Waals surface area contributed by atoms with Gasteiger partial charge in [0.25, 0.3) is 5.91 Å². The van der Waals surface area contributed by atoms with E-state index in [2.05, 4.69) is 0 Å². The van der Waals surface area contributed by atoms with Crippen molar-refractivity contribution in [3.8, 4) is 5.75 Å². The number of amides is 1. The molecule has 1 amide bonds. The average Bonchev–Trinajstić information content (AvgIpc) is 3.38. The SMILES string of the molecule is CCCOc1ccc(C2C(C(=O)c3cc4ccccc4o3)=C(O)C(=O)N2CCCOC)cc1. The maximum atomic E-state index is 13.5. The van der Waals surface area contributed by atoms with Gasteiger partial charge in [0.05, 0.1) is 18.2 Å². The summed E-state index contributed by atoms with van der Waals surface area (Å²) in [5, 5.41) is 11.5. The van der Waals surface area contributed by atoms with Gasteiger partial charge >= 0.3 is 0 Å². The number of hydrogen-bond donors (Lipinski definition) is 1. The molecule has 0 saturated carbocycles. The summed E-state index contributed by atoms with van der Waals surface area (Å²) in [7, 11) is 1.59. The summed E-state index contributed by atoms with van der Waals surface area (Å²) in [6.07, 6.45) is 1.45. The number of methoxy groups -OCH3 is 1. The third-order valence-corrected chi connectivity index (χ3v) is 5.61. The molecule has 7 heteroatoms. The monoisotopic (exact) mass is 449 g/mol. The zero-order chi connectivity index (χ0) is 23.4. The van der Waals surface area contributed by atoms with Crippen LogP contribution in [0.25, 0.3) is 11.0 Å². The molecule has 1 N–H and O–H groups in total. The van der Waals surface area contributed by atoms with E-state index in [4.69, 9.17) is 13.9 Å². The molecule has 1 unspecified atom stereocenters. The second-order valence-electron chi connectivity index (χ2n) is 7.90. The molecule has 2 aromatic carbocycles. The highest BCUT2D eigenvalue weighted by Gasteiger charge is 2.44. The Kier molecular flexibility index (Phi) is 6.79. The lowest BCUT2D eigenvalue weighted by atomic mass is 9.95. The molecule has 3 aromatic rings. The average molecular weight is 450 g/mol. The Labute approximate surface area is 192 Å². The first-order valence-corrected chi connectivity index (χ1v) is 11.0. The third-order valence-electron chi connectivity index (χ3n) is 5.61. The van der Waals surface area contributed by atoms with Crippen molar-refractivity contribution < 1.29 is 28.6 Å². The standard InChI is InChI=1S/C26H27NO6/c1-3-14-32-19-11-9-17(10-12-19)23-22(25(29)26(30)27(23)13-6-15-31-2)24(28)21-16-18-7-4-5-8-20(18)33-21/h4-5,7-12,16,23,29H,3,6,13-15H2,1-2H3. The molecule has 1 aromatic heterocycles. The molecule has 33 heavy (non-hydrogen) atoms. The number of ketones is 1. The number of carbonyl (C=O) groups is 2. The highest BCUT2D eigenvalue weighted by Crippen LogP contribution is 2.40. The largest absolute Gasteiger partial charge is 0.503 e. The number of nitrogens with zero attached hydrogens (tertiary/aromatic N) is 1. The molecule has 0 fully saturated rings. The van der Waals surface area contributed by atoms with Gasteiger partial charge in [-0.1, -0.05) is 37.3 Å². The minimum atomic E-state index is -0.740. The lowest BCUT2D eigenvalue weighted by Gasteiger charge is -2.26. The van der Waals surface area contributed by atoms with Gasteiger partial charge in [-0.05, 0) is 42.7 Å². The molecule has 1 atom stereocenters. The molecule has 1 aliphatic heterocycles. The van der Waals surface area contributed by atoms with Gasteiger partial charge in [-0.3, -0.25) is 9.59 Å². The zero-order valence-electron chi connectivity index (χ0n) is 18.7. The van der Waals surface area contributed by atoms with Crippen LogP contribution in [0.4, 0.5) is 0 Å². The van der Waals surface area contributed by atoms with Crippen LogP contribution in [-0.4, -0.2) is 48.6 Å². The summed E-state index contributed by atoms with van der Waals surface area (Å²) in [6.45, 7) is 3.40. The molecule has 7 nitrogen and oxygen atoms in total. The fourth-order valence-electron chi connectivity index (χ4n) is 4.03. The first-order chi connectivity index (χ1) is 16.0. The quantitative estimate of drug-likeness (QED) is 0.352. The number of aliphatic hydroxyl groups is 1. The fraction of sp³-hybridized carbons (Fsp3) is 0.308. The van der Waals surface area contributed by atoms with Crippen LogP contribution in [0.3, 0.4) is 0 Å². The van der Waals surface area contributed by atoms with Crippen LogP contribution in [0, 0.1) is 0 Å². The van der Waals surface area contributed by atoms with Crippen molar-refractivity contribution in [3.05, 3.63) is 77.3 Å². The topological polar surface area (TPSA) is 89.2 Å². The van der Waals surface area contributed by atoms with E-state index in [1.807, 2.05) is 37.3 Å². The van der Waals surface area contributed by atoms with Crippen LogP contribution >= 0.6 is 0 Å². The van der Waals surface area contributed by atoms with E-state index in [1.54, 1.807) is 31.4 Å². The van der Waals surface area contributed by atoms with E-state index in [0.717, 1.165) is 11.8 Å². The summed E-state index contributed by atoms with van der Waals surface area (Å²) >= 11 is 0. The number of aliphatic hydroxyl groups excluding tert-OH is 1. The Hall–Kier alpha value is -3.58. The number of carbonyl (C=O) groups excluding carboxylic acids is 2. The predicted octanol–water partition coefficient (Wildman–Crippen LogP) is 4.84. The first-order valence-electron chi connectivity index (χ1n) is 11.0. The smallest absolute Gasteiger partial charge is 0.290 e. The molecule has 4 rings (SSSR count). The molecule has 172 valence electrons. The molecule has 1 aliphatic rings. The van der Waals surface area contributed by atoms with Crippen molar-refractivity contribution in [1.82, 2.24) is 4.90 Å². The van der Waals surface area contributed by atoms with E-state index in [-0.39, 0.29) is 11.3 Å². The van der Waals surface area contributed by atoms with Gasteiger partial charge in [0, 0.05) is 25.6 Å². The number of benzene rings is 2. The Bertz CT molecular complexity index is 1140. The van der Waals surface area contributed by atoms with Gasteiger partial charge in [-0.25, -0.2) is 0 Å². The zero-order valence-corrected chi connectivity index (χ0v) is 18.7. The summed E-state index contributed by atoms with van der Waals surface area (Å²) in [6, 6.07) is 15.4. The Morgan fingerprint density at radius 2 is 1.88 bits per heavy atom. The van der Waals surface area contributed by atoms with E-state index >= 15 is 0 Å². The molecule has 0 spiro atoms. The van der Waals surface area contributed by atoms with Crippen molar-refractivity contribution in [1.29, 1.82) is 0 Å². The summed E-state index contributed by atoms with van der Waals surface area (Å²) in [5.74, 6) is -0.856. The van der Waals surface area contributed by atoms with E-state index < -0.39 is 23.5 Å². The van der Waals surface area contributed by atoms with Crippen LogP contribution in [0.5, 0.6) is 5.75 Å². The van der Waals surface area contributed by atoms with Crippen molar-refractivity contribution >= 4 is 22.7 Å². The van der Waals surface area contributed by atoms with E-state index in [0.29, 0.717) is 43.1 Å². The van der Waals surface area contributed by atoms with Crippen LogP contribution < -0.4 is 4.74 Å². The van der Waals surface area contributed by atoms with Gasteiger partial charge < -0.3 is 23.9 Å². The van der Waals surface area contributed by atoms with Crippen molar-refractivity contribution in [2.75, 3.05) is 26.9 Å². The van der Waals surface area contributed by atoms with Gasteiger partial charge in [0.15, 0.2) is 11.5 Å². The number of Topliss-reactive ketones (excluding diaryl/α,β-unsaturated/α-hetero) is 1. The minimum absolute atomic E-state index is 0.0127. The molecular formula is C26H27NO6. The molecule has 0 bridgehead atoms. The molecule has 2 heterocycles. The molecule has 0 radical (unpaired) electrons. The summed E-state index contributed by atoms with van der Waals surface area (Å²) < 4.78 is 16.5. The number of hydrogen-bond acceptors (Lipinski definition) is 6. The van der Waals surface area contributed by atoms with Crippen LogP contribution in [0.1, 0.15) is 41.9 Å². The van der Waals surface area contributed by atoms with Crippen molar-refractivity contribution in [2.24, 2.45) is 0 Å². The van der Waals surface area contributed by atoms with Gasteiger partial charge in [-0.15, -0.1) is 0 Å². The summed E-state index contributed by atoms with van der Waals surface area (Å²) in [5.41, 5.74) is 1.28. The minimum Gasteiger partial charge on any atom is -0.503 e. The second kappa shape index (κ2) is 9.92. The van der Waals surface area contributed by atoms with Crippen LogP contribution in [-0.2, 0) is 9.53 Å².